The first-order valence-electron chi connectivity index (χ1n) is 10.3. The summed E-state index contributed by atoms with van der Waals surface area (Å²) >= 11 is 0. The van der Waals surface area contributed by atoms with Gasteiger partial charge in [0.05, 0.1) is 25.9 Å². The van der Waals surface area contributed by atoms with Gasteiger partial charge in [-0.3, -0.25) is 14.4 Å². The highest BCUT2D eigenvalue weighted by Crippen LogP contribution is 2.17. The number of nitrogens with zero attached hydrogens (tertiary/aromatic N) is 3. The van der Waals surface area contributed by atoms with Gasteiger partial charge in [0.2, 0.25) is 5.60 Å². The minimum Gasteiger partial charge on any atom is -0.461 e. The molecule has 0 radical (unpaired) electrons. The Labute approximate surface area is 170 Å². The van der Waals surface area contributed by atoms with E-state index in [2.05, 4.69) is 14.7 Å². The van der Waals surface area contributed by atoms with E-state index in [1.54, 1.807) is 0 Å². The van der Waals surface area contributed by atoms with Crippen molar-refractivity contribution in [2.24, 2.45) is 0 Å². The number of rotatable bonds is 15. The smallest absolute Gasteiger partial charge is 0.307 e. The zero-order valence-corrected chi connectivity index (χ0v) is 16.8. The molecule has 0 aromatic carbocycles. The van der Waals surface area contributed by atoms with Gasteiger partial charge in [-0.15, -0.1) is 0 Å². The van der Waals surface area contributed by atoms with Crippen LogP contribution >= 0.6 is 0 Å². The van der Waals surface area contributed by atoms with Crippen LogP contribution in [0, 0.1) is 0 Å². The van der Waals surface area contributed by atoms with Crippen molar-refractivity contribution in [1.82, 2.24) is 14.7 Å². The summed E-state index contributed by atoms with van der Waals surface area (Å²) in [6, 6.07) is 0. The Morgan fingerprint density at radius 1 is 0.690 bits per heavy atom. The second-order valence-electron chi connectivity index (χ2n) is 7.91. The third-order valence-electron chi connectivity index (χ3n) is 5.13. The van der Waals surface area contributed by atoms with Crippen molar-refractivity contribution in [3.63, 3.8) is 0 Å². The minimum absolute atomic E-state index is 0.160. The summed E-state index contributed by atoms with van der Waals surface area (Å²) in [6.07, 6.45) is 0.605. The molecule has 0 unspecified atom stereocenters. The molecule has 164 valence electrons. The largest absolute Gasteiger partial charge is 0.461 e. The highest BCUT2D eigenvalue weighted by atomic mass is 16.6. The Bertz CT molecular complexity index is 556. The average Bonchev–Trinajstić information content (AvgIpc) is 3.58. The van der Waals surface area contributed by atoms with Gasteiger partial charge in [0.15, 0.2) is 0 Å². The monoisotopic (exact) mass is 413 g/mol. The highest BCUT2D eigenvalue weighted by Gasteiger charge is 2.38. The predicted octanol–water partition coefficient (Wildman–Crippen LogP) is -1.54. The number of esters is 3. The highest BCUT2D eigenvalue weighted by molar-refractivity contribution is 5.72. The molecule has 0 aliphatic carbocycles. The van der Waals surface area contributed by atoms with E-state index in [-0.39, 0.29) is 32.5 Å². The topological polar surface area (TPSA) is 108 Å². The van der Waals surface area contributed by atoms with Gasteiger partial charge in [-0.1, -0.05) is 0 Å². The first-order valence-corrected chi connectivity index (χ1v) is 10.3. The molecule has 0 spiro atoms. The summed E-state index contributed by atoms with van der Waals surface area (Å²) in [5, 5.41) is 9.91. The maximum absolute atomic E-state index is 12.2. The number of hydrogen-bond donors (Lipinski definition) is 1. The molecule has 0 aromatic heterocycles. The molecule has 3 rings (SSSR count). The molecular weight excluding hydrogens is 382 g/mol. The lowest BCUT2D eigenvalue weighted by molar-refractivity contribution is -0.191. The van der Waals surface area contributed by atoms with Crippen molar-refractivity contribution in [1.29, 1.82) is 0 Å². The molecule has 3 fully saturated rings. The van der Waals surface area contributed by atoms with Crippen LogP contribution in [0.4, 0.5) is 0 Å². The van der Waals surface area contributed by atoms with E-state index in [0.717, 1.165) is 39.3 Å². The number of carbonyl (C=O) groups excluding carboxylic acids is 3. The molecule has 29 heavy (non-hydrogen) atoms. The van der Waals surface area contributed by atoms with E-state index in [0.29, 0.717) is 19.6 Å². The van der Waals surface area contributed by atoms with Gasteiger partial charge < -0.3 is 34.0 Å². The van der Waals surface area contributed by atoms with Crippen LogP contribution in [0.2, 0.25) is 0 Å². The molecule has 10 nitrogen and oxygen atoms in total. The normalized spacial score (nSPS) is 18.9. The Kier molecular flexibility index (Phi) is 7.82. The first kappa shape index (κ1) is 21.9. The standard InChI is InChI=1S/C19H31N3O7/c23-13-19(29-18(26)3-6-22-11-12-22,14-27-16(24)1-4-20-7-8-20)15-28-17(25)2-5-21-9-10-21/h23H,1-15H2. The Balaban J connectivity index is 1.48. The van der Waals surface area contributed by atoms with Gasteiger partial charge in [-0.05, 0) is 0 Å². The second kappa shape index (κ2) is 10.3. The van der Waals surface area contributed by atoms with Gasteiger partial charge >= 0.3 is 17.9 Å². The maximum atomic E-state index is 12.2. The molecule has 10 heteroatoms. The molecule has 0 amide bonds. The number of hydrogen-bond acceptors (Lipinski definition) is 10. The third kappa shape index (κ3) is 8.65. The van der Waals surface area contributed by atoms with E-state index in [9.17, 15) is 19.5 Å². The molecule has 0 bridgehead atoms. The van der Waals surface area contributed by atoms with Crippen molar-refractivity contribution < 1.29 is 33.7 Å². The Hall–Kier alpha value is -1.75. The van der Waals surface area contributed by atoms with Crippen LogP contribution in [0.5, 0.6) is 0 Å². The van der Waals surface area contributed by atoms with Crippen LogP contribution in [0.3, 0.4) is 0 Å². The van der Waals surface area contributed by atoms with E-state index in [4.69, 9.17) is 14.2 Å². The molecule has 3 aliphatic heterocycles. The van der Waals surface area contributed by atoms with Gasteiger partial charge in [-0.25, -0.2) is 0 Å². The summed E-state index contributed by atoms with van der Waals surface area (Å²) in [6.45, 7) is 6.35. The van der Waals surface area contributed by atoms with E-state index in [1.165, 1.54) is 0 Å². The lowest BCUT2D eigenvalue weighted by atomic mass is 10.1. The Morgan fingerprint density at radius 2 is 1.07 bits per heavy atom. The van der Waals surface area contributed by atoms with Crippen LogP contribution in [0.25, 0.3) is 0 Å². The number of carbonyl (C=O) groups is 3. The van der Waals surface area contributed by atoms with Crippen LogP contribution in [-0.4, -0.2) is 122 Å². The number of aliphatic hydroxyl groups excluding tert-OH is 1. The zero-order chi connectivity index (χ0) is 20.7. The quantitative estimate of drug-likeness (QED) is 0.193. The van der Waals surface area contributed by atoms with E-state index < -0.39 is 30.1 Å². The Morgan fingerprint density at radius 3 is 1.41 bits per heavy atom. The van der Waals surface area contributed by atoms with E-state index >= 15 is 0 Å². The maximum Gasteiger partial charge on any atom is 0.307 e. The second-order valence-corrected chi connectivity index (χ2v) is 7.91. The fourth-order valence-corrected chi connectivity index (χ4v) is 2.72. The van der Waals surface area contributed by atoms with E-state index in [1.807, 2.05) is 0 Å². The van der Waals surface area contributed by atoms with Crippen LogP contribution in [-0.2, 0) is 28.6 Å². The lowest BCUT2D eigenvalue weighted by Gasteiger charge is -2.30. The molecule has 0 atom stereocenters. The average molecular weight is 413 g/mol. The van der Waals surface area contributed by atoms with Crippen LogP contribution in [0.15, 0.2) is 0 Å². The first-order chi connectivity index (χ1) is 14.0. The number of aliphatic hydroxyl groups is 1. The molecule has 3 saturated heterocycles. The van der Waals surface area contributed by atoms with Gasteiger partial charge in [0, 0.05) is 58.9 Å². The summed E-state index contributed by atoms with van der Waals surface area (Å²) < 4.78 is 15.9. The molecule has 3 aliphatic rings. The van der Waals surface area contributed by atoms with Crippen molar-refractivity contribution in [3.05, 3.63) is 0 Å². The third-order valence-corrected chi connectivity index (χ3v) is 5.13. The molecule has 0 aromatic rings. The minimum atomic E-state index is -1.58. The van der Waals surface area contributed by atoms with Gasteiger partial charge in [0.25, 0.3) is 0 Å². The molecular formula is C19H31N3O7. The molecule has 3 heterocycles. The lowest BCUT2D eigenvalue weighted by Crippen LogP contribution is -2.49. The summed E-state index contributed by atoms with van der Waals surface area (Å²) in [7, 11) is 0. The van der Waals surface area contributed by atoms with Gasteiger partial charge in [0.1, 0.15) is 13.2 Å². The predicted molar refractivity (Wildman–Crippen MR) is 101 cm³/mol. The summed E-state index contributed by atoms with van der Waals surface area (Å²) in [5.41, 5.74) is -1.58. The number of ether oxygens (including phenoxy) is 3. The van der Waals surface area contributed by atoms with Crippen LogP contribution < -0.4 is 0 Å². The van der Waals surface area contributed by atoms with Gasteiger partial charge in [-0.2, -0.15) is 0 Å². The zero-order valence-electron chi connectivity index (χ0n) is 16.8. The van der Waals surface area contributed by atoms with Crippen LogP contribution in [0.1, 0.15) is 19.3 Å². The van der Waals surface area contributed by atoms with Crippen molar-refractivity contribution >= 4 is 17.9 Å². The molecule has 0 saturated carbocycles. The van der Waals surface area contributed by atoms with Crippen molar-refractivity contribution in [3.8, 4) is 0 Å². The van der Waals surface area contributed by atoms with Crippen molar-refractivity contribution in [2.75, 3.05) is 78.7 Å². The SMILES string of the molecule is O=C(CCN1CC1)OCC(CO)(COC(=O)CCN1CC1)OC(=O)CCN1CC1. The summed E-state index contributed by atoms with van der Waals surface area (Å²) in [5.74, 6) is -1.41. The fourth-order valence-electron chi connectivity index (χ4n) is 2.72. The summed E-state index contributed by atoms with van der Waals surface area (Å²) in [4.78, 5) is 42.4. The fraction of sp³-hybridized carbons (Fsp3) is 0.842. The van der Waals surface area contributed by atoms with Crippen molar-refractivity contribution in [2.45, 2.75) is 24.9 Å². The molecule has 1 N–H and O–H groups in total.